The van der Waals surface area contributed by atoms with Crippen LogP contribution in [0.15, 0.2) is 58.4 Å². The average Bonchev–Trinajstić information content (AvgIpc) is 3.76. The van der Waals surface area contributed by atoms with Crippen LogP contribution >= 0.6 is 0 Å². The lowest BCUT2D eigenvalue weighted by atomic mass is 10.2. The molecule has 4 bridgehead atoms. The Hall–Kier alpha value is -6.53. The van der Waals surface area contributed by atoms with Gasteiger partial charge in [0, 0.05) is 58.7 Å². The lowest BCUT2D eigenvalue weighted by Gasteiger charge is -2.35. The zero-order valence-electron chi connectivity index (χ0n) is 29.0. The van der Waals surface area contributed by atoms with Gasteiger partial charge in [-0.3, -0.25) is 14.5 Å². The van der Waals surface area contributed by atoms with Crippen molar-refractivity contribution in [1.29, 1.82) is 0 Å². The Kier molecular flexibility index (Phi) is 10.0. The fourth-order valence-electron chi connectivity index (χ4n) is 6.31. The predicted molar refractivity (Wildman–Crippen MR) is 191 cm³/mol. The molecular formula is C33H38N12O7. The molecular weight excluding hydrogens is 676 g/mol. The number of aryl methyl sites for hydroxylation is 2. The summed E-state index contributed by atoms with van der Waals surface area (Å²) in [5, 5.41) is 13.5. The van der Waals surface area contributed by atoms with Crippen LogP contribution in [0.5, 0.6) is 0 Å². The summed E-state index contributed by atoms with van der Waals surface area (Å²) in [5.41, 5.74) is 7.28. The number of nitrogens with two attached hydrogens (primary N) is 1. The van der Waals surface area contributed by atoms with E-state index in [1.54, 1.807) is 25.2 Å². The average molecular weight is 715 g/mol. The second-order valence-corrected chi connectivity index (χ2v) is 12.2. The SMILES string of the molecule is COC(=O)c1ccc2c(n1)N(C(=O)Nc1ccnn(C)c1=O)[C@H]1CCN2C1.COC(=O)c1ccc2c(n1)N[C@H]1CCN2C1.Cn1nccc(N)c1=O. The minimum atomic E-state index is -0.575. The van der Waals surface area contributed by atoms with E-state index in [0.29, 0.717) is 24.1 Å². The molecule has 52 heavy (non-hydrogen) atoms. The highest BCUT2D eigenvalue weighted by atomic mass is 16.5. The Morgan fingerprint density at radius 3 is 2.10 bits per heavy atom. The van der Waals surface area contributed by atoms with Gasteiger partial charge in [0.25, 0.3) is 11.1 Å². The molecule has 0 radical (unpaired) electrons. The monoisotopic (exact) mass is 714 g/mol. The van der Waals surface area contributed by atoms with E-state index in [-0.39, 0.29) is 28.7 Å². The molecule has 4 aliphatic rings. The molecule has 19 nitrogen and oxygen atoms in total. The molecule has 4 aromatic rings. The van der Waals surface area contributed by atoms with Crippen LogP contribution in [0.1, 0.15) is 33.8 Å². The number of carbonyl (C=O) groups excluding carboxylic acids is 3. The quantitative estimate of drug-likeness (QED) is 0.250. The van der Waals surface area contributed by atoms with Crippen LogP contribution in [-0.4, -0.2) is 100.0 Å². The van der Waals surface area contributed by atoms with Crippen molar-refractivity contribution in [2.24, 2.45) is 14.1 Å². The first kappa shape index (κ1) is 35.3. The minimum absolute atomic E-state index is 0.0939. The van der Waals surface area contributed by atoms with Crippen LogP contribution in [-0.2, 0) is 23.6 Å². The fraction of sp³-hybridized carbons (Fsp3) is 0.364. The van der Waals surface area contributed by atoms with Crippen LogP contribution in [0.3, 0.4) is 0 Å². The summed E-state index contributed by atoms with van der Waals surface area (Å²) in [7, 11) is 5.70. The van der Waals surface area contributed by atoms with E-state index in [2.05, 4.69) is 45.3 Å². The molecule has 8 heterocycles. The Balaban J connectivity index is 0.000000155. The number of urea groups is 1. The Bertz CT molecular complexity index is 2110. The summed E-state index contributed by atoms with van der Waals surface area (Å²) < 4.78 is 11.7. The molecule has 272 valence electrons. The second kappa shape index (κ2) is 14.8. The highest BCUT2D eigenvalue weighted by molar-refractivity contribution is 6.05. The van der Waals surface area contributed by atoms with Gasteiger partial charge >= 0.3 is 18.0 Å². The highest BCUT2D eigenvalue weighted by Crippen LogP contribution is 2.39. The number of hydrogen-bond donors (Lipinski definition) is 3. The summed E-state index contributed by atoms with van der Waals surface area (Å²) in [6.07, 6.45) is 4.82. The molecule has 0 unspecified atom stereocenters. The van der Waals surface area contributed by atoms with Crippen molar-refractivity contribution >= 4 is 52.4 Å². The molecule has 0 aliphatic carbocycles. The number of nitrogen functional groups attached to an aromatic ring is 1. The largest absolute Gasteiger partial charge is 0.464 e. The fourth-order valence-corrected chi connectivity index (χ4v) is 6.31. The van der Waals surface area contributed by atoms with Gasteiger partial charge in [-0.2, -0.15) is 10.2 Å². The summed E-state index contributed by atoms with van der Waals surface area (Å²) >= 11 is 0. The van der Waals surface area contributed by atoms with Gasteiger partial charge in [-0.25, -0.2) is 33.7 Å². The topological polar surface area (TPSA) is 225 Å². The summed E-state index contributed by atoms with van der Waals surface area (Å²) in [6, 6.07) is 9.82. The molecule has 2 amide bonds. The lowest BCUT2D eigenvalue weighted by molar-refractivity contribution is 0.0585. The molecule has 0 spiro atoms. The predicted octanol–water partition coefficient (Wildman–Crippen LogP) is 0.828. The molecule has 4 aliphatic heterocycles. The van der Waals surface area contributed by atoms with E-state index in [0.717, 1.165) is 54.4 Å². The first-order chi connectivity index (χ1) is 25.0. The van der Waals surface area contributed by atoms with Crippen molar-refractivity contribution in [3.05, 3.63) is 80.9 Å². The molecule has 2 fully saturated rings. The number of fused-ring (bicyclic) bond motifs is 8. The molecule has 0 saturated carbocycles. The van der Waals surface area contributed by atoms with E-state index in [9.17, 15) is 24.0 Å². The van der Waals surface area contributed by atoms with Gasteiger partial charge in [0.05, 0.1) is 31.6 Å². The van der Waals surface area contributed by atoms with Gasteiger partial charge in [0.15, 0.2) is 23.0 Å². The van der Waals surface area contributed by atoms with Crippen LogP contribution in [0.2, 0.25) is 0 Å². The number of esters is 2. The van der Waals surface area contributed by atoms with Crippen LogP contribution in [0, 0.1) is 0 Å². The van der Waals surface area contributed by atoms with E-state index in [1.807, 2.05) is 6.07 Å². The molecule has 2 saturated heterocycles. The molecule has 19 heteroatoms. The summed E-state index contributed by atoms with van der Waals surface area (Å²) in [5.74, 6) is 0.221. The van der Waals surface area contributed by atoms with Crippen molar-refractivity contribution in [3.63, 3.8) is 0 Å². The zero-order valence-corrected chi connectivity index (χ0v) is 29.0. The smallest absolute Gasteiger partial charge is 0.356 e. The second-order valence-electron chi connectivity index (χ2n) is 12.2. The number of ether oxygens (including phenoxy) is 2. The van der Waals surface area contributed by atoms with Crippen molar-refractivity contribution in [2.75, 3.05) is 71.5 Å². The Morgan fingerprint density at radius 2 is 1.42 bits per heavy atom. The maximum atomic E-state index is 13.0. The lowest BCUT2D eigenvalue weighted by Crippen LogP contribution is -2.49. The third-order valence-corrected chi connectivity index (χ3v) is 8.99. The molecule has 2 atom stereocenters. The zero-order chi connectivity index (χ0) is 37.1. The minimum Gasteiger partial charge on any atom is -0.464 e. The molecule has 0 aromatic carbocycles. The van der Waals surface area contributed by atoms with Gasteiger partial charge in [-0.1, -0.05) is 0 Å². The third kappa shape index (κ3) is 7.05. The van der Waals surface area contributed by atoms with Gasteiger partial charge in [0.1, 0.15) is 11.4 Å². The van der Waals surface area contributed by atoms with Gasteiger partial charge in [-0.05, 0) is 49.2 Å². The van der Waals surface area contributed by atoms with Gasteiger partial charge < -0.3 is 35.6 Å². The number of pyridine rings is 2. The molecule has 4 N–H and O–H groups in total. The van der Waals surface area contributed by atoms with Gasteiger partial charge in [0.2, 0.25) is 0 Å². The van der Waals surface area contributed by atoms with Crippen molar-refractivity contribution in [3.8, 4) is 0 Å². The van der Waals surface area contributed by atoms with E-state index < -0.39 is 23.5 Å². The van der Waals surface area contributed by atoms with E-state index >= 15 is 0 Å². The van der Waals surface area contributed by atoms with Crippen molar-refractivity contribution in [1.82, 2.24) is 29.5 Å². The molecule has 8 rings (SSSR count). The number of aromatic nitrogens is 6. The summed E-state index contributed by atoms with van der Waals surface area (Å²) in [6.45, 7) is 3.56. The number of nitrogens with zero attached hydrogens (tertiary/aromatic N) is 9. The number of amides is 2. The number of nitrogens with one attached hydrogen (secondary N) is 2. The highest BCUT2D eigenvalue weighted by Gasteiger charge is 2.41. The van der Waals surface area contributed by atoms with Crippen LogP contribution in [0.4, 0.5) is 39.2 Å². The van der Waals surface area contributed by atoms with Crippen LogP contribution < -0.4 is 42.2 Å². The van der Waals surface area contributed by atoms with Crippen molar-refractivity contribution in [2.45, 2.75) is 24.9 Å². The Morgan fingerprint density at radius 1 is 0.808 bits per heavy atom. The summed E-state index contributed by atoms with van der Waals surface area (Å²) in [4.78, 5) is 73.7. The van der Waals surface area contributed by atoms with Crippen LogP contribution in [0.25, 0.3) is 0 Å². The van der Waals surface area contributed by atoms with Gasteiger partial charge in [-0.15, -0.1) is 0 Å². The molecule has 4 aromatic heterocycles. The first-order valence-electron chi connectivity index (χ1n) is 16.3. The maximum Gasteiger partial charge on any atom is 0.356 e. The third-order valence-electron chi connectivity index (χ3n) is 8.99. The number of hydrogen-bond acceptors (Lipinski definition) is 15. The van der Waals surface area contributed by atoms with E-state index in [4.69, 9.17) is 10.5 Å². The number of carbonyl (C=O) groups is 3. The maximum absolute atomic E-state index is 13.0. The number of anilines is 6. The standard InChI is InChI=1S/C17H18N6O4.C11H13N3O2.C5H7N3O/c1-21-15(24)11(5-7-18-21)20-17(26)23-10-6-8-22(9-10)13-4-3-12(16(25)27-2)19-14(13)23;1-16-11(15)8-2-3-9-10(13-8)12-7-4-5-14(9)6-7;1-8-5(9)4(6)2-3-7-8/h3-5,7,10H,6,8-9H2,1-2H3,(H,20,26);2-3,7H,4-6H2,1H3,(H,12,13);2-3H,6H2,1H3/t10-;7-;/m00./s1. The number of methoxy groups -OCH3 is 2. The Labute approximate surface area is 296 Å². The van der Waals surface area contributed by atoms with E-state index in [1.165, 1.54) is 55.4 Å². The normalized spacial score (nSPS) is 17.3. The van der Waals surface area contributed by atoms with Crippen molar-refractivity contribution < 1.29 is 23.9 Å². The number of rotatable bonds is 3. The first-order valence-corrected chi connectivity index (χ1v) is 16.3.